The van der Waals surface area contributed by atoms with E-state index in [4.69, 9.17) is 28.9 Å². The normalized spacial score (nSPS) is 11.1. The van der Waals surface area contributed by atoms with Gasteiger partial charge < -0.3 is 10.6 Å². The van der Waals surface area contributed by atoms with Crippen LogP contribution in [0.25, 0.3) is 0 Å². The van der Waals surface area contributed by atoms with Crippen molar-refractivity contribution in [2.45, 2.75) is 39.8 Å². The number of rotatable bonds is 9. The number of nitrogens with one attached hydrogen (secondary N) is 1. The first-order valence-corrected chi connectivity index (χ1v) is 10.5. The second-order valence-electron chi connectivity index (χ2n) is 7.04. The number of hydrogen-bond acceptors (Lipinski definition) is 5. The van der Waals surface area contributed by atoms with Gasteiger partial charge in [0, 0.05) is 29.7 Å². The highest BCUT2D eigenvalue weighted by molar-refractivity contribution is 6.35. The molecule has 0 radical (unpaired) electrons. The molecule has 0 fully saturated rings. The second kappa shape index (κ2) is 10.7. The molecule has 0 aliphatic heterocycles. The summed E-state index contributed by atoms with van der Waals surface area (Å²) >= 11 is 12.1. The maximum Gasteiger partial charge on any atom is 0.330 e. The van der Waals surface area contributed by atoms with Crippen LogP contribution in [0.1, 0.15) is 32.3 Å². The maximum atomic E-state index is 13.0. The summed E-state index contributed by atoms with van der Waals surface area (Å²) in [5.41, 5.74) is 5.70. The number of carbonyl (C=O) groups is 1. The highest BCUT2D eigenvalue weighted by Crippen LogP contribution is 2.22. The average Bonchev–Trinajstić information content (AvgIpc) is 2.66. The first-order chi connectivity index (χ1) is 14.2. The molecule has 2 aromatic rings. The SMILES string of the molecule is CCCCn1c(N)c(N(CC)C(=O)CN(C)Cc2ccc(Cl)cc2Cl)c(=O)[nH]c1=O. The quantitative estimate of drug-likeness (QED) is 0.604. The molecule has 0 aliphatic carbocycles. The molecule has 164 valence electrons. The van der Waals surface area contributed by atoms with Crippen molar-refractivity contribution in [3.8, 4) is 0 Å². The predicted octanol–water partition coefficient (Wildman–Crippen LogP) is 2.71. The third-order valence-electron chi connectivity index (χ3n) is 4.70. The van der Waals surface area contributed by atoms with Crippen LogP contribution in [0, 0.1) is 0 Å². The number of anilines is 2. The summed E-state index contributed by atoms with van der Waals surface area (Å²) in [4.78, 5) is 42.9. The van der Waals surface area contributed by atoms with Crippen LogP contribution in [-0.4, -0.2) is 40.5 Å². The van der Waals surface area contributed by atoms with E-state index in [2.05, 4.69) is 4.98 Å². The Labute approximate surface area is 185 Å². The van der Waals surface area contributed by atoms with Gasteiger partial charge in [-0.25, -0.2) is 4.79 Å². The number of aromatic amines is 1. The molecule has 3 N–H and O–H groups in total. The lowest BCUT2D eigenvalue weighted by molar-refractivity contribution is -0.119. The summed E-state index contributed by atoms with van der Waals surface area (Å²) in [7, 11) is 1.77. The summed E-state index contributed by atoms with van der Waals surface area (Å²) < 4.78 is 1.30. The molecule has 0 atom stereocenters. The number of benzene rings is 1. The largest absolute Gasteiger partial charge is 0.383 e. The molecule has 30 heavy (non-hydrogen) atoms. The Kier molecular flexibility index (Phi) is 8.52. The van der Waals surface area contributed by atoms with Crippen LogP contribution in [0.3, 0.4) is 0 Å². The maximum absolute atomic E-state index is 13.0. The number of nitrogens with zero attached hydrogens (tertiary/aromatic N) is 3. The number of nitrogen functional groups attached to an aromatic ring is 1. The lowest BCUT2D eigenvalue weighted by atomic mass is 10.2. The van der Waals surface area contributed by atoms with E-state index in [1.54, 1.807) is 37.1 Å². The number of nitrogens with two attached hydrogens (primary N) is 1. The topological polar surface area (TPSA) is 104 Å². The van der Waals surface area contributed by atoms with Crippen molar-refractivity contribution in [3.05, 3.63) is 54.6 Å². The molecule has 0 saturated heterocycles. The van der Waals surface area contributed by atoms with Crippen LogP contribution in [0.15, 0.2) is 27.8 Å². The summed E-state index contributed by atoms with van der Waals surface area (Å²) in [5.74, 6) is -0.321. The smallest absolute Gasteiger partial charge is 0.330 e. The van der Waals surface area contributed by atoms with Crippen LogP contribution < -0.4 is 21.9 Å². The second-order valence-corrected chi connectivity index (χ2v) is 7.89. The average molecular weight is 456 g/mol. The van der Waals surface area contributed by atoms with Gasteiger partial charge in [-0.2, -0.15) is 0 Å². The summed E-state index contributed by atoms with van der Waals surface area (Å²) in [6, 6.07) is 5.18. The number of carbonyl (C=O) groups excluding carboxylic acids is 1. The lowest BCUT2D eigenvalue weighted by Crippen LogP contribution is -2.44. The predicted molar refractivity (Wildman–Crippen MR) is 121 cm³/mol. The number of unbranched alkanes of at least 4 members (excludes halogenated alkanes) is 1. The van der Waals surface area contributed by atoms with E-state index in [9.17, 15) is 14.4 Å². The highest BCUT2D eigenvalue weighted by atomic mass is 35.5. The van der Waals surface area contributed by atoms with E-state index in [0.29, 0.717) is 23.1 Å². The van der Waals surface area contributed by atoms with Gasteiger partial charge in [0.05, 0.1) is 6.54 Å². The molecule has 1 aromatic carbocycles. The Morgan fingerprint density at radius 1 is 1.23 bits per heavy atom. The van der Waals surface area contributed by atoms with Crippen molar-refractivity contribution in [1.29, 1.82) is 0 Å². The molecule has 1 heterocycles. The molecule has 2 rings (SSSR count). The number of likely N-dealkylation sites (N-methyl/N-ethyl adjacent to an activating group) is 2. The van der Waals surface area contributed by atoms with Gasteiger partial charge in [-0.15, -0.1) is 0 Å². The van der Waals surface area contributed by atoms with Crippen molar-refractivity contribution in [2.24, 2.45) is 0 Å². The first-order valence-electron chi connectivity index (χ1n) is 9.74. The highest BCUT2D eigenvalue weighted by Gasteiger charge is 2.24. The Morgan fingerprint density at radius 3 is 2.53 bits per heavy atom. The van der Waals surface area contributed by atoms with Crippen LogP contribution in [0.2, 0.25) is 10.0 Å². The van der Waals surface area contributed by atoms with Crippen LogP contribution in [-0.2, 0) is 17.9 Å². The van der Waals surface area contributed by atoms with E-state index in [1.165, 1.54) is 9.47 Å². The monoisotopic (exact) mass is 455 g/mol. The van der Waals surface area contributed by atoms with Gasteiger partial charge >= 0.3 is 5.69 Å². The van der Waals surface area contributed by atoms with E-state index in [1.807, 2.05) is 6.92 Å². The molecular formula is C20H27Cl2N5O3. The van der Waals surface area contributed by atoms with Crippen molar-refractivity contribution in [2.75, 3.05) is 30.8 Å². The van der Waals surface area contributed by atoms with Gasteiger partial charge in [-0.05, 0) is 38.1 Å². The van der Waals surface area contributed by atoms with E-state index in [0.717, 1.165) is 18.4 Å². The van der Waals surface area contributed by atoms with Gasteiger partial charge in [0.2, 0.25) is 5.91 Å². The first kappa shape index (κ1) is 24.0. The fraction of sp³-hybridized carbons (Fsp3) is 0.450. The lowest BCUT2D eigenvalue weighted by Gasteiger charge is -2.25. The fourth-order valence-corrected chi connectivity index (χ4v) is 3.62. The van der Waals surface area contributed by atoms with E-state index < -0.39 is 11.2 Å². The third kappa shape index (κ3) is 5.65. The molecule has 10 heteroatoms. The molecule has 1 amide bonds. The van der Waals surface area contributed by atoms with Gasteiger partial charge in [0.1, 0.15) is 5.82 Å². The van der Waals surface area contributed by atoms with Crippen LogP contribution >= 0.6 is 23.2 Å². The van der Waals surface area contributed by atoms with Gasteiger partial charge in [0.15, 0.2) is 5.69 Å². The number of hydrogen-bond donors (Lipinski definition) is 2. The zero-order chi connectivity index (χ0) is 22.4. The molecular weight excluding hydrogens is 429 g/mol. The van der Waals surface area contributed by atoms with E-state index in [-0.39, 0.29) is 30.5 Å². The minimum Gasteiger partial charge on any atom is -0.383 e. The molecule has 0 unspecified atom stereocenters. The van der Waals surface area contributed by atoms with Crippen molar-refractivity contribution in [1.82, 2.24) is 14.5 Å². The van der Waals surface area contributed by atoms with Crippen molar-refractivity contribution < 1.29 is 4.79 Å². The molecule has 0 spiro atoms. The third-order valence-corrected chi connectivity index (χ3v) is 5.28. The van der Waals surface area contributed by atoms with Gasteiger partial charge in [-0.1, -0.05) is 42.6 Å². The zero-order valence-corrected chi connectivity index (χ0v) is 18.9. The fourth-order valence-electron chi connectivity index (χ4n) is 3.15. The molecule has 1 aromatic heterocycles. The number of halogens is 2. The molecule has 0 bridgehead atoms. The van der Waals surface area contributed by atoms with Crippen molar-refractivity contribution in [3.63, 3.8) is 0 Å². The minimum absolute atomic E-state index is 0.00358. The molecule has 0 saturated carbocycles. The zero-order valence-electron chi connectivity index (χ0n) is 17.4. The van der Waals surface area contributed by atoms with Crippen LogP contribution in [0.4, 0.5) is 11.5 Å². The summed E-state index contributed by atoms with van der Waals surface area (Å²) in [6.07, 6.45) is 1.58. The number of aromatic nitrogens is 2. The number of amides is 1. The Hall–Kier alpha value is -2.29. The minimum atomic E-state index is -0.677. The van der Waals surface area contributed by atoms with E-state index >= 15 is 0 Å². The standard InChI is InChI=1S/C20H27Cl2N5O3/c1-4-6-9-27-18(23)17(19(29)24-20(27)30)26(5-2)16(28)12-25(3)11-13-7-8-14(21)10-15(13)22/h7-8,10H,4-6,9,11-12,23H2,1-3H3,(H,24,29,30). The van der Waals surface area contributed by atoms with Crippen molar-refractivity contribution >= 4 is 40.6 Å². The molecule has 8 nitrogen and oxygen atoms in total. The summed E-state index contributed by atoms with van der Waals surface area (Å²) in [6.45, 7) is 4.77. The Morgan fingerprint density at radius 2 is 1.93 bits per heavy atom. The van der Waals surface area contributed by atoms with Gasteiger partial charge in [-0.3, -0.25) is 24.0 Å². The van der Waals surface area contributed by atoms with Gasteiger partial charge in [0.25, 0.3) is 5.56 Å². The molecule has 0 aliphatic rings. The Balaban J connectivity index is 2.25. The Bertz CT molecular complexity index is 1020. The number of H-pyrrole nitrogens is 1. The van der Waals surface area contributed by atoms with Crippen LogP contribution in [0.5, 0.6) is 0 Å². The summed E-state index contributed by atoms with van der Waals surface area (Å²) in [5, 5.41) is 1.05.